The molecule has 0 bridgehead atoms. The molecule has 23 valence electrons. The lowest BCUT2D eigenvalue weighted by atomic mass is 10.1. The standard InChI is InChI=1S/CH4BFN/c3-2-1-4/h1,4H2. The molecule has 0 saturated heterocycles. The summed E-state index contributed by atoms with van der Waals surface area (Å²) in [6.45, 7) is 0. The normalized spacial score (nSPS) is 6.50. The molecule has 0 aromatic carbocycles. The third-order valence-electron chi connectivity index (χ3n) is 0.0891. The van der Waals surface area contributed by atoms with Crippen LogP contribution in [-0.2, 0) is 0 Å². The van der Waals surface area contributed by atoms with Gasteiger partial charge in [0.05, 0.1) is 0 Å². The van der Waals surface area contributed by atoms with Gasteiger partial charge in [0.15, 0.2) is 0 Å². The molecule has 0 rings (SSSR count). The summed E-state index contributed by atoms with van der Waals surface area (Å²) in [6, 6.07) is 0. The summed E-state index contributed by atoms with van der Waals surface area (Å²) in [5.74, 6) is 0. The molecule has 4 heavy (non-hydrogen) atoms. The molecule has 3 heteroatoms. The van der Waals surface area contributed by atoms with Crippen molar-refractivity contribution in [1.82, 2.24) is 0 Å². The molecule has 0 aliphatic carbocycles. The van der Waals surface area contributed by atoms with E-state index in [0.29, 0.717) is 7.56 Å². The second-order valence-electron chi connectivity index (χ2n) is 0.390. The molecule has 0 aromatic rings. The topological polar surface area (TPSA) is 26.0 Å². The lowest BCUT2D eigenvalue weighted by molar-refractivity contribution is 0.861. The van der Waals surface area contributed by atoms with Crippen LogP contribution < -0.4 is 5.73 Å². The summed E-state index contributed by atoms with van der Waals surface area (Å²) in [4.78, 5) is 0. The largest absolute Gasteiger partial charge is 0.369 e. The third kappa shape index (κ3) is 1.95. The minimum Gasteiger partial charge on any atom is -0.341 e. The van der Waals surface area contributed by atoms with Gasteiger partial charge in [-0.15, -0.1) is 0 Å². The molecule has 0 atom stereocenters. The molecule has 0 aromatic heterocycles. The third-order valence-corrected chi connectivity index (χ3v) is 0.0891. The molecule has 0 heterocycles. The Labute approximate surface area is 25.3 Å². The molecule has 0 aliphatic rings. The Bertz CT molecular complexity index is 10.0. The molecule has 0 fully saturated rings. The van der Waals surface area contributed by atoms with Crippen LogP contribution in [0.1, 0.15) is 0 Å². The molecule has 0 amide bonds. The highest BCUT2D eigenvalue weighted by Gasteiger charge is 1.69. The Balaban J connectivity index is 1.97. The summed E-state index contributed by atoms with van der Waals surface area (Å²) >= 11 is 0. The lowest BCUT2D eigenvalue weighted by Gasteiger charge is -1.61. The second kappa shape index (κ2) is 2.95. The zero-order valence-electron chi connectivity index (χ0n) is 2.24. The number of nitrogens with two attached hydrogens (primary N) is 1. The zero-order valence-corrected chi connectivity index (χ0v) is 2.24. The van der Waals surface area contributed by atoms with E-state index in [1.54, 1.807) is 0 Å². The van der Waals surface area contributed by atoms with Crippen molar-refractivity contribution < 1.29 is 4.32 Å². The minimum atomic E-state index is 0.0278. The van der Waals surface area contributed by atoms with E-state index in [0.717, 1.165) is 0 Å². The van der Waals surface area contributed by atoms with Crippen molar-refractivity contribution in [2.45, 2.75) is 0 Å². The van der Waals surface area contributed by atoms with Crippen LogP contribution in [0.25, 0.3) is 0 Å². The van der Waals surface area contributed by atoms with Crippen LogP contribution in [0.5, 0.6) is 0 Å². The van der Waals surface area contributed by atoms with Crippen LogP contribution in [0.15, 0.2) is 0 Å². The van der Waals surface area contributed by atoms with E-state index < -0.39 is 0 Å². The quantitative estimate of drug-likeness (QED) is 0.405. The maximum Gasteiger partial charge on any atom is 0.369 e. The van der Waals surface area contributed by atoms with E-state index in [4.69, 9.17) is 0 Å². The number of halogens is 1. The average Bonchev–Trinajstić information content (AvgIpc) is 1.37. The summed E-state index contributed by atoms with van der Waals surface area (Å²) < 4.78 is 10.5. The van der Waals surface area contributed by atoms with Crippen LogP contribution in [0, 0.1) is 0 Å². The predicted octanol–water partition coefficient (Wildman–Crippen LogP) is -0.509. The fourth-order valence-electron chi connectivity index (χ4n) is 0. The van der Waals surface area contributed by atoms with Gasteiger partial charge in [0, 0.05) is 0 Å². The van der Waals surface area contributed by atoms with Crippen LogP contribution in [0.4, 0.5) is 4.32 Å². The zero-order chi connectivity index (χ0) is 3.41. The van der Waals surface area contributed by atoms with Gasteiger partial charge in [-0.05, 0) is 6.44 Å². The summed E-state index contributed by atoms with van der Waals surface area (Å²) in [5, 5.41) is 0. The smallest absolute Gasteiger partial charge is 0.341 e. The summed E-state index contributed by atoms with van der Waals surface area (Å²) in [7, 11) is 0.403. The number of hydrogen-bond acceptors (Lipinski definition) is 1. The van der Waals surface area contributed by atoms with E-state index in [1.165, 1.54) is 0 Å². The highest BCUT2D eigenvalue weighted by molar-refractivity contribution is 6.26. The van der Waals surface area contributed by atoms with Crippen molar-refractivity contribution in [2.75, 3.05) is 6.44 Å². The van der Waals surface area contributed by atoms with Crippen LogP contribution in [-0.4, -0.2) is 14.0 Å². The van der Waals surface area contributed by atoms with Crippen molar-refractivity contribution in [3.8, 4) is 0 Å². The summed E-state index contributed by atoms with van der Waals surface area (Å²) in [5.41, 5.74) is 4.60. The molecular formula is CH4BFN. The maximum absolute atomic E-state index is 10.5. The van der Waals surface area contributed by atoms with Gasteiger partial charge in [-0.2, -0.15) is 0 Å². The van der Waals surface area contributed by atoms with E-state index in [-0.39, 0.29) is 6.44 Å². The first-order valence-electron chi connectivity index (χ1n) is 1.03. The molecule has 1 radical (unpaired) electrons. The fraction of sp³-hybridized carbons (Fsp3) is 1.00. The Hall–Kier alpha value is -0.0451. The van der Waals surface area contributed by atoms with Crippen molar-refractivity contribution in [1.29, 1.82) is 0 Å². The first kappa shape index (κ1) is 3.95. The van der Waals surface area contributed by atoms with Crippen molar-refractivity contribution in [3.63, 3.8) is 0 Å². The van der Waals surface area contributed by atoms with E-state index in [1.807, 2.05) is 0 Å². The Morgan fingerprint density at radius 3 is 2.25 bits per heavy atom. The average molecular weight is 59.9 g/mol. The van der Waals surface area contributed by atoms with Crippen molar-refractivity contribution >= 4 is 7.56 Å². The predicted molar refractivity (Wildman–Crippen MR) is 15.9 cm³/mol. The number of rotatable bonds is 1. The monoisotopic (exact) mass is 60.0 g/mol. The highest BCUT2D eigenvalue weighted by atomic mass is 19.1. The first-order chi connectivity index (χ1) is 1.91. The fourth-order valence-corrected chi connectivity index (χ4v) is 0. The Morgan fingerprint density at radius 1 is 2.00 bits per heavy atom. The van der Waals surface area contributed by atoms with E-state index in [2.05, 4.69) is 5.73 Å². The molecular weight excluding hydrogens is 55.8 g/mol. The Morgan fingerprint density at radius 2 is 2.25 bits per heavy atom. The van der Waals surface area contributed by atoms with Gasteiger partial charge in [-0.3, -0.25) is 0 Å². The van der Waals surface area contributed by atoms with Gasteiger partial charge in [0.2, 0.25) is 0 Å². The molecule has 2 N–H and O–H groups in total. The molecule has 1 nitrogen and oxygen atoms in total. The van der Waals surface area contributed by atoms with Crippen molar-refractivity contribution in [3.05, 3.63) is 0 Å². The van der Waals surface area contributed by atoms with Crippen LogP contribution in [0.3, 0.4) is 0 Å². The first-order valence-corrected chi connectivity index (χ1v) is 1.03. The lowest BCUT2D eigenvalue weighted by Crippen LogP contribution is -2.02. The van der Waals surface area contributed by atoms with Crippen LogP contribution >= 0.6 is 0 Å². The van der Waals surface area contributed by atoms with Gasteiger partial charge in [-0.25, -0.2) is 0 Å². The SMILES string of the molecule is NC[B]F. The number of hydrogen-bond donors (Lipinski definition) is 1. The van der Waals surface area contributed by atoms with Crippen LogP contribution in [0.2, 0.25) is 0 Å². The molecule has 0 unspecified atom stereocenters. The van der Waals surface area contributed by atoms with Gasteiger partial charge in [-0.1, -0.05) is 0 Å². The molecule has 0 spiro atoms. The van der Waals surface area contributed by atoms with Gasteiger partial charge in [0.1, 0.15) is 0 Å². The second-order valence-corrected chi connectivity index (χ2v) is 0.390. The van der Waals surface area contributed by atoms with Gasteiger partial charge < -0.3 is 10.0 Å². The van der Waals surface area contributed by atoms with Gasteiger partial charge in [0.25, 0.3) is 0 Å². The summed E-state index contributed by atoms with van der Waals surface area (Å²) in [6.07, 6.45) is 0.0278. The van der Waals surface area contributed by atoms with E-state index >= 15 is 0 Å². The molecule has 0 aliphatic heterocycles. The van der Waals surface area contributed by atoms with E-state index in [9.17, 15) is 4.32 Å². The highest BCUT2D eigenvalue weighted by Crippen LogP contribution is 1.43. The Kier molecular flexibility index (Phi) is 2.92. The van der Waals surface area contributed by atoms with Crippen molar-refractivity contribution in [2.24, 2.45) is 5.73 Å². The molecule has 0 saturated carbocycles. The van der Waals surface area contributed by atoms with Gasteiger partial charge >= 0.3 is 7.56 Å². The maximum atomic E-state index is 10.5. The minimum absolute atomic E-state index is 0.0278.